The normalized spacial score (nSPS) is 11.1. The molecule has 2 aromatic carbocycles. The quantitative estimate of drug-likeness (QED) is 0.411. The number of carbonyl (C=O) groups is 2. The van der Waals surface area contributed by atoms with Crippen LogP contribution >= 0.6 is 23.2 Å². The van der Waals surface area contributed by atoms with Crippen molar-refractivity contribution in [3.8, 4) is 22.8 Å². The average Bonchev–Trinajstić information content (AvgIpc) is 3.17. The minimum Gasteiger partial charge on any atom is -0.497 e. The molecule has 34 heavy (non-hydrogen) atoms. The Hall–Kier alpha value is -3.23. The number of aryl methyl sites for hydroxylation is 1. The van der Waals surface area contributed by atoms with E-state index in [0.717, 1.165) is 0 Å². The minimum absolute atomic E-state index is 0.108. The number of amides is 1. The molecule has 3 rings (SSSR count). The lowest BCUT2D eigenvalue weighted by atomic mass is 10.0. The van der Waals surface area contributed by atoms with Gasteiger partial charge in [-0.1, -0.05) is 34.4 Å². The van der Waals surface area contributed by atoms with Crippen molar-refractivity contribution in [3.63, 3.8) is 0 Å². The number of carbonyl (C=O) groups excluding carboxylic acids is 2. The summed E-state index contributed by atoms with van der Waals surface area (Å²) >= 11 is 12.6. The van der Waals surface area contributed by atoms with Crippen LogP contribution in [0.5, 0.6) is 11.5 Å². The zero-order chi connectivity index (χ0) is 25.0. The Bertz CT molecular complexity index is 1180. The fraction of sp³-hybridized carbons (Fsp3) is 0.292. The number of nitrogens with zero attached hydrogens (tertiary/aromatic N) is 1. The van der Waals surface area contributed by atoms with Crippen LogP contribution in [-0.2, 0) is 4.74 Å². The lowest BCUT2D eigenvalue weighted by Gasteiger charge is -2.26. The van der Waals surface area contributed by atoms with Crippen molar-refractivity contribution in [1.29, 1.82) is 0 Å². The number of halogens is 2. The molecule has 0 saturated heterocycles. The number of esters is 1. The second-order valence-corrected chi connectivity index (χ2v) is 8.89. The van der Waals surface area contributed by atoms with Crippen molar-refractivity contribution in [2.75, 3.05) is 20.8 Å². The molecule has 0 atom stereocenters. The first-order valence-electron chi connectivity index (χ1n) is 10.2. The van der Waals surface area contributed by atoms with Gasteiger partial charge in [-0.05, 0) is 45.0 Å². The minimum atomic E-state index is -0.930. The van der Waals surface area contributed by atoms with Crippen LogP contribution in [0.2, 0.25) is 10.0 Å². The first kappa shape index (κ1) is 25.4. The lowest BCUT2D eigenvalue weighted by molar-refractivity contribution is 0.0389. The number of nitrogens with one attached hydrogen (secondary N) is 1. The van der Waals surface area contributed by atoms with Gasteiger partial charge in [-0.2, -0.15) is 0 Å². The molecular formula is C24H24Cl2N2O6. The molecular weight excluding hydrogens is 483 g/mol. The molecule has 1 N–H and O–H groups in total. The number of hydrogen-bond acceptors (Lipinski definition) is 7. The van der Waals surface area contributed by atoms with Gasteiger partial charge >= 0.3 is 5.97 Å². The van der Waals surface area contributed by atoms with Gasteiger partial charge in [-0.3, -0.25) is 4.79 Å². The Morgan fingerprint density at radius 3 is 2.21 bits per heavy atom. The Kier molecular flexibility index (Phi) is 7.74. The molecule has 8 nitrogen and oxygen atoms in total. The van der Waals surface area contributed by atoms with E-state index < -0.39 is 17.4 Å². The number of benzene rings is 2. The van der Waals surface area contributed by atoms with Gasteiger partial charge in [-0.15, -0.1) is 0 Å². The molecule has 1 aromatic heterocycles. The Morgan fingerprint density at radius 2 is 1.65 bits per heavy atom. The predicted octanol–water partition coefficient (Wildman–Crippen LogP) is 5.34. The van der Waals surface area contributed by atoms with Gasteiger partial charge in [-0.25, -0.2) is 4.79 Å². The number of ether oxygens (including phenoxy) is 3. The van der Waals surface area contributed by atoms with Crippen molar-refractivity contribution in [2.24, 2.45) is 0 Å². The summed E-state index contributed by atoms with van der Waals surface area (Å²) in [5.74, 6) is 0.123. The van der Waals surface area contributed by atoms with Crippen molar-refractivity contribution in [2.45, 2.75) is 26.3 Å². The number of hydrogen-bond donors (Lipinski definition) is 1. The fourth-order valence-electron chi connectivity index (χ4n) is 3.19. The zero-order valence-electron chi connectivity index (χ0n) is 19.3. The zero-order valence-corrected chi connectivity index (χ0v) is 20.8. The van der Waals surface area contributed by atoms with Crippen LogP contribution in [0, 0.1) is 6.92 Å². The number of methoxy groups -OCH3 is 2. The molecule has 10 heteroatoms. The Morgan fingerprint density at radius 1 is 1.06 bits per heavy atom. The maximum atomic E-state index is 13.2. The van der Waals surface area contributed by atoms with E-state index in [2.05, 4.69) is 10.5 Å². The smallest absolute Gasteiger partial charge is 0.338 e. The van der Waals surface area contributed by atoms with E-state index in [9.17, 15) is 9.59 Å². The van der Waals surface area contributed by atoms with Gasteiger partial charge in [0.25, 0.3) is 5.91 Å². The molecule has 0 aliphatic rings. The third-order valence-corrected chi connectivity index (χ3v) is 5.52. The van der Waals surface area contributed by atoms with Gasteiger partial charge in [0.1, 0.15) is 35.1 Å². The molecule has 0 radical (unpaired) electrons. The van der Waals surface area contributed by atoms with Crippen molar-refractivity contribution in [3.05, 3.63) is 63.3 Å². The molecule has 1 heterocycles. The maximum Gasteiger partial charge on any atom is 0.338 e. The molecule has 0 bridgehead atoms. The van der Waals surface area contributed by atoms with E-state index in [1.165, 1.54) is 26.4 Å². The molecule has 0 fully saturated rings. The van der Waals surface area contributed by atoms with E-state index in [-0.39, 0.29) is 23.4 Å². The maximum absolute atomic E-state index is 13.2. The highest BCUT2D eigenvalue weighted by Crippen LogP contribution is 2.36. The molecule has 3 aromatic rings. The van der Waals surface area contributed by atoms with Gasteiger partial charge in [0.05, 0.1) is 35.4 Å². The summed E-state index contributed by atoms with van der Waals surface area (Å²) in [6, 6.07) is 9.70. The fourth-order valence-corrected chi connectivity index (χ4v) is 3.77. The van der Waals surface area contributed by atoms with Crippen LogP contribution in [-0.4, -0.2) is 43.4 Å². The third-order valence-electron chi connectivity index (χ3n) is 4.89. The van der Waals surface area contributed by atoms with E-state index in [4.69, 9.17) is 41.9 Å². The van der Waals surface area contributed by atoms with E-state index in [1.807, 2.05) is 0 Å². The largest absolute Gasteiger partial charge is 0.497 e. The standard InChI is InChI=1S/C24H24Cl2N2O6/c1-13-19(21(28-34-13)20-17(25)7-6-8-18(20)26)22(29)27-24(2,3)12-33-23(30)14-9-15(31-4)11-16(10-14)32-5/h6-11H,12H2,1-5H3,(H,27,29). The van der Waals surface area contributed by atoms with Crippen LogP contribution in [0.3, 0.4) is 0 Å². The predicted molar refractivity (Wildman–Crippen MR) is 128 cm³/mol. The van der Waals surface area contributed by atoms with E-state index >= 15 is 0 Å². The van der Waals surface area contributed by atoms with Crippen molar-refractivity contribution in [1.82, 2.24) is 10.5 Å². The highest BCUT2D eigenvalue weighted by atomic mass is 35.5. The summed E-state index contributed by atoms with van der Waals surface area (Å²) in [7, 11) is 2.97. The Labute approximate surface area is 207 Å². The van der Waals surface area contributed by atoms with Crippen LogP contribution in [0.25, 0.3) is 11.3 Å². The second-order valence-electron chi connectivity index (χ2n) is 8.07. The summed E-state index contributed by atoms with van der Waals surface area (Å²) in [4.78, 5) is 25.8. The molecule has 0 unspecified atom stereocenters. The number of rotatable bonds is 8. The molecule has 180 valence electrons. The monoisotopic (exact) mass is 506 g/mol. The first-order valence-corrected chi connectivity index (χ1v) is 10.9. The van der Waals surface area contributed by atoms with Gasteiger partial charge in [0, 0.05) is 11.6 Å². The topological polar surface area (TPSA) is 99.9 Å². The number of aromatic nitrogens is 1. The molecule has 0 saturated carbocycles. The van der Waals surface area contributed by atoms with Crippen LogP contribution in [0.15, 0.2) is 40.9 Å². The SMILES string of the molecule is COc1cc(OC)cc(C(=O)OCC(C)(C)NC(=O)c2c(-c3c(Cl)cccc3Cl)noc2C)c1. The average molecular weight is 507 g/mol. The summed E-state index contributed by atoms with van der Waals surface area (Å²) < 4.78 is 21.1. The molecule has 0 aliphatic carbocycles. The van der Waals surface area contributed by atoms with E-state index in [1.54, 1.807) is 45.0 Å². The van der Waals surface area contributed by atoms with Crippen molar-refractivity contribution < 1.29 is 28.3 Å². The molecule has 1 amide bonds. The third kappa shape index (κ3) is 5.63. The highest BCUT2D eigenvalue weighted by Gasteiger charge is 2.30. The lowest BCUT2D eigenvalue weighted by Crippen LogP contribution is -2.47. The Balaban J connectivity index is 1.76. The summed E-state index contributed by atoms with van der Waals surface area (Å²) in [6.45, 7) is 4.94. The van der Waals surface area contributed by atoms with Gasteiger partial charge < -0.3 is 24.1 Å². The highest BCUT2D eigenvalue weighted by molar-refractivity contribution is 6.39. The summed E-state index contributed by atoms with van der Waals surface area (Å²) in [5, 5.41) is 7.50. The summed E-state index contributed by atoms with van der Waals surface area (Å²) in [6.07, 6.45) is 0. The molecule has 0 aliphatic heterocycles. The molecule has 0 spiro atoms. The van der Waals surface area contributed by atoms with Crippen LogP contribution in [0.1, 0.15) is 40.3 Å². The van der Waals surface area contributed by atoms with Gasteiger partial charge in [0.15, 0.2) is 0 Å². The second kappa shape index (κ2) is 10.4. The first-order chi connectivity index (χ1) is 16.1. The van der Waals surface area contributed by atoms with Crippen LogP contribution < -0.4 is 14.8 Å². The van der Waals surface area contributed by atoms with Crippen molar-refractivity contribution >= 4 is 35.1 Å². The van der Waals surface area contributed by atoms with Crippen LogP contribution in [0.4, 0.5) is 0 Å². The van der Waals surface area contributed by atoms with Gasteiger partial charge in [0.2, 0.25) is 0 Å². The summed E-state index contributed by atoms with van der Waals surface area (Å²) in [5.41, 5.74) is 0.128. The van der Waals surface area contributed by atoms with E-state index in [0.29, 0.717) is 32.9 Å².